The summed E-state index contributed by atoms with van der Waals surface area (Å²) in [5, 5.41) is 0. The topological polar surface area (TPSA) is 57.7 Å². The van der Waals surface area contributed by atoms with E-state index in [-0.39, 0.29) is 37.0 Å². The number of piperazine rings is 1. The van der Waals surface area contributed by atoms with E-state index >= 15 is 0 Å². The van der Waals surface area contributed by atoms with Gasteiger partial charge in [-0.2, -0.15) is 29.2 Å². The van der Waals surface area contributed by atoms with E-state index in [1.165, 1.54) is 9.87 Å². The molecule has 0 atom stereocenters. The van der Waals surface area contributed by atoms with E-state index in [0.29, 0.717) is 5.75 Å². The third-order valence-corrected chi connectivity index (χ3v) is 7.87. The molecular formula is C21H23F3N2O3S2. The van der Waals surface area contributed by atoms with Gasteiger partial charge in [0.25, 0.3) is 0 Å². The number of thioether (sulfide) groups is 1. The molecule has 0 spiro atoms. The average Bonchev–Trinajstić information content (AvgIpc) is 2.77. The molecular weight excluding hydrogens is 449 g/mol. The number of nitrogens with zero attached hydrogens (tertiary/aromatic N) is 2. The van der Waals surface area contributed by atoms with Gasteiger partial charge < -0.3 is 4.90 Å². The van der Waals surface area contributed by atoms with Crippen molar-refractivity contribution in [1.82, 2.24) is 9.21 Å². The minimum absolute atomic E-state index is 0.0374. The second-order valence-electron chi connectivity index (χ2n) is 7.10. The van der Waals surface area contributed by atoms with Crippen molar-refractivity contribution in [1.29, 1.82) is 0 Å². The highest BCUT2D eigenvalue weighted by molar-refractivity contribution is 7.99. The van der Waals surface area contributed by atoms with Crippen LogP contribution in [0, 0.1) is 0 Å². The molecule has 168 valence electrons. The average molecular weight is 473 g/mol. The second kappa shape index (κ2) is 10.1. The molecule has 1 aliphatic rings. The summed E-state index contributed by atoms with van der Waals surface area (Å²) in [7, 11) is -3.90. The van der Waals surface area contributed by atoms with E-state index in [9.17, 15) is 26.4 Å². The van der Waals surface area contributed by atoms with Crippen LogP contribution in [-0.4, -0.2) is 61.2 Å². The van der Waals surface area contributed by atoms with E-state index in [1.807, 2.05) is 30.3 Å². The van der Waals surface area contributed by atoms with Gasteiger partial charge >= 0.3 is 6.18 Å². The normalized spacial score (nSPS) is 15.8. The van der Waals surface area contributed by atoms with Crippen molar-refractivity contribution in [3.8, 4) is 0 Å². The molecule has 0 bridgehead atoms. The van der Waals surface area contributed by atoms with Crippen LogP contribution in [0.3, 0.4) is 0 Å². The molecule has 3 rings (SSSR count). The Kier molecular flexibility index (Phi) is 7.66. The third kappa shape index (κ3) is 6.24. The van der Waals surface area contributed by atoms with Gasteiger partial charge in [0.15, 0.2) is 0 Å². The highest BCUT2D eigenvalue weighted by atomic mass is 32.2. The molecule has 31 heavy (non-hydrogen) atoms. The van der Waals surface area contributed by atoms with E-state index in [1.54, 1.807) is 16.7 Å². The van der Waals surface area contributed by atoms with Crippen LogP contribution in [0.4, 0.5) is 13.2 Å². The summed E-state index contributed by atoms with van der Waals surface area (Å²) in [4.78, 5) is 13.8. The first-order valence-corrected chi connectivity index (χ1v) is 12.3. The fourth-order valence-electron chi connectivity index (χ4n) is 3.23. The van der Waals surface area contributed by atoms with Crippen LogP contribution >= 0.6 is 11.8 Å². The zero-order chi connectivity index (χ0) is 22.5. The molecule has 10 heteroatoms. The number of rotatable bonds is 7. The summed E-state index contributed by atoms with van der Waals surface area (Å²) in [5.41, 5.74) is 0.316. The predicted octanol–water partition coefficient (Wildman–Crippen LogP) is 3.51. The Morgan fingerprint density at radius 2 is 1.55 bits per heavy atom. The molecule has 1 fully saturated rings. The van der Waals surface area contributed by atoms with Gasteiger partial charge in [0.2, 0.25) is 15.9 Å². The number of amides is 1. The minimum atomic E-state index is -4.52. The smallest absolute Gasteiger partial charge is 0.339 e. The van der Waals surface area contributed by atoms with Crippen LogP contribution in [-0.2, 0) is 27.4 Å². The molecule has 1 heterocycles. The van der Waals surface area contributed by atoms with Crippen LogP contribution in [0.15, 0.2) is 59.5 Å². The maximum atomic E-state index is 12.7. The van der Waals surface area contributed by atoms with E-state index in [2.05, 4.69) is 0 Å². The minimum Gasteiger partial charge on any atom is -0.339 e. The number of hydrogen-bond acceptors (Lipinski definition) is 4. The van der Waals surface area contributed by atoms with Crippen LogP contribution in [0.25, 0.3) is 0 Å². The lowest BCUT2D eigenvalue weighted by Crippen LogP contribution is -2.51. The fourth-order valence-corrected chi connectivity index (χ4v) is 5.53. The van der Waals surface area contributed by atoms with Gasteiger partial charge in [0, 0.05) is 26.2 Å². The zero-order valence-electron chi connectivity index (χ0n) is 16.7. The summed E-state index contributed by atoms with van der Waals surface area (Å²) in [6.45, 7) is 0.753. The van der Waals surface area contributed by atoms with Crippen molar-refractivity contribution in [2.24, 2.45) is 0 Å². The first kappa shape index (κ1) is 23.6. The molecule has 0 saturated carbocycles. The number of halogens is 3. The molecule has 5 nitrogen and oxygen atoms in total. The quantitative estimate of drug-likeness (QED) is 0.579. The SMILES string of the molecule is O=C(CSCCc1ccccc1)N1CCN(S(=O)(=O)c2ccc(C(F)(F)F)cc2)CC1. The maximum absolute atomic E-state index is 12.7. The molecule has 1 amide bonds. The first-order valence-electron chi connectivity index (χ1n) is 9.75. The van der Waals surface area contributed by atoms with E-state index in [0.717, 1.165) is 36.4 Å². The van der Waals surface area contributed by atoms with Crippen LogP contribution in [0.2, 0.25) is 0 Å². The Balaban J connectivity index is 1.47. The Morgan fingerprint density at radius 3 is 2.13 bits per heavy atom. The molecule has 0 aliphatic carbocycles. The Hall–Kier alpha value is -2.04. The molecule has 1 saturated heterocycles. The number of sulfonamides is 1. The fraction of sp³-hybridized carbons (Fsp3) is 0.381. The van der Waals surface area contributed by atoms with Crippen molar-refractivity contribution in [3.63, 3.8) is 0 Å². The summed E-state index contributed by atoms with van der Waals surface area (Å²) < 4.78 is 64.7. The lowest BCUT2D eigenvalue weighted by atomic mass is 10.2. The van der Waals surface area contributed by atoms with Gasteiger partial charge in [-0.15, -0.1) is 0 Å². The van der Waals surface area contributed by atoms with Crippen molar-refractivity contribution in [2.75, 3.05) is 37.7 Å². The van der Waals surface area contributed by atoms with Crippen LogP contribution in [0.5, 0.6) is 0 Å². The predicted molar refractivity (Wildman–Crippen MR) is 114 cm³/mol. The van der Waals surface area contributed by atoms with Crippen molar-refractivity contribution < 1.29 is 26.4 Å². The van der Waals surface area contributed by atoms with Crippen LogP contribution < -0.4 is 0 Å². The number of carbonyl (C=O) groups excluding carboxylic acids is 1. The maximum Gasteiger partial charge on any atom is 0.416 e. The van der Waals surface area contributed by atoms with Crippen molar-refractivity contribution >= 4 is 27.7 Å². The van der Waals surface area contributed by atoms with Gasteiger partial charge in [-0.3, -0.25) is 4.79 Å². The molecule has 0 N–H and O–H groups in total. The van der Waals surface area contributed by atoms with Crippen LogP contribution in [0.1, 0.15) is 11.1 Å². The summed E-state index contributed by atoms with van der Waals surface area (Å²) in [6, 6.07) is 13.5. The molecule has 0 unspecified atom stereocenters. The highest BCUT2D eigenvalue weighted by Gasteiger charge is 2.33. The summed E-state index contributed by atoms with van der Waals surface area (Å²) in [5.74, 6) is 1.11. The van der Waals surface area contributed by atoms with E-state index < -0.39 is 21.8 Å². The summed E-state index contributed by atoms with van der Waals surface area (Å²) >= 11 is 1.54. The third-order valence-electron chi connectivity index (χ3n) is 5.01. The van der Waals surface area contributed by atoms with E-state index in [4.69, 9.17) is 0 Å². The van der Waals surface area contributed by atoms with Gasteiger partial charge in [0.1, 0.15) is 0 Å². The van der Waals surface area contributed by atoms with Gasteiger partial charge in [0.05, 0.1) is 16.2 Å². The number of benzene rings is 2. The first-order chi connectivity index (χ1) is 14.7. The summed E-state index contributed by atoms with van der Waals surface area (Å²) in [6.07, 6.45) is -3.65. The lowest BCUT2D eigenvalue weighted by molar-refractivity contribution is -0.137. The molecule has 1 aliphatic heterocycles. The van der Waals surface area contributed by atoms with Gasteiger partial charge in [-0.25, -0.2) is 8.42 Å². The number of aryl methyl sites for hydroxylation is 1. The monoisotopic (exact) mass is 472 g/mol. The van der Waals surface area contributed by atoms with Gasteiger partial charge in [-0.05, 0) is 42.0 Å². The van der Waals surface area contributed by atoms with Crippen molar-refractivity contribution in [2.45, 2.75) is 17.5 Å². The largest absolute Gasteiger partial charge is 0.416 e. The Bertz CT molecular complexity index is 973. The second-order valence-corrected chi connectivity index (χ2v) is 10.1. The molecule has 0 radical (unpaired) electrons. The molecule has 2 aromatic rings. The highest BCUT2D eigenvalue weighted by Crippen LogP contribution is 2.30. The Labute approximate surface area is 184 Å². The zero-order valence-corrected chi connectivity index (χ0v) is 18.3. The number of carbonyl (C=O) groups is 1. The Morgan fingerprint density at radius 1 is 0.935 bits per heavy atom. The molecule has 2 aromatic carbocycles. The number of hydrogen-bond donors (Lipinski definition) is 0. The van der Waals surface area contributed by atoms with Crippen molar-refractivity contribution in [3.05, 3.63) is 65.7 Å². The van der Waals surface area contributed by atoms with Gasteiger partial charge in [-0.1, -0.05) is 30.3 Å². The number of alkyl halides is 3. The molecule has 0 aromatic heterocycles. The lowest BCUT2D eigenvalue weighted by Gasteiger charge is -2.34. The standard InChI is InChI=1S/C21H23F3N2O3S2/c22-21(23,24)18-6-8-19(9-7-18)31(28,29)26-13-11-25(12-14-26)20(27)16-30-15-10-17-4-2-1-3-5-17/h1-9H,10-16H2.